The summed E-state index contributed by atoms with van der Waals surface area (Å²) in [5.41, 5.74) is 6.90. The van der Waals surface area contributed by atoms with Crippen molar-refractivity contribution in [3.63, 3.8) is 0 Å². The molecular weight excluding hydrogens is 262 g/mol. The van der Waals surface area contributed by atoms with Crippen LogP contribution < -0.4 is 10.5 Å². The number of rotatable bonds is 8. The van der Waals surface area contributed by atoms with E-state index in [0.717, 1.165) is 12.2 Å². The molecule has 0 aliphatic carbocycles. The van der Waals surface area contributed by atoms with E-state index in [4.69, 9.17) is 10.5 Å². The second kappa shape index (κ2) is 7.50. The standard InChI is InChI=1S/C14H23NO3S/c1-3-19(16,17)10-4-9-18-14-7-5-13(6-8-14)11-12(2)15/h5-8,12H,3-4,9-11,15H2,1-2H3. The molecule has 0 bridgehead atoms. The van der Waals surface area contributed by atoms with Gasteiger partial charge in [-0.15, -0.1) is 0 Å². The zero-order valence-corrected chi connectivity index (χ0v) is 12.4. The fourth-order valence-corrected chi connectivity index (χ4v) is 2.55. The molecule has 1 aromatic rings. The van der Waals surface area contributed by atoms with Crippen LogP contribution in [0.5, 0.6) is 5.75 Å². The summed E-state index contributed by atoms with van der Waals surface area (Å²) >= 11 is 0. The number of sulfone groups is 1. The predicted octanol–water partition coefficient (Wildman–Crippen LogP) is 1.78. The first kappa shape index (κ1) is 16.0. The molecule has 2 N–H and O–H groups in total. The third kappa shape index (κ3) is 6.59. The molecule has 0 amide bonds. The van der Waals surface area contributed by atoms with Crippen molar-refractivity contribution in [3.05, 3.63) is 29.8 Å². The SMILES string of the molecule is CCS(=O)(=O)CCCOc1ccc(CC(C)N)cc1. The van der Waals surface area contributed by atoms with Gasteiger partial charge in [-0.25, -0.2) is 8.42 Å². The minimum Gasteiger partial charge on any atom is -0.494 e. The van der Waals surface area contributed by atoms with Crippen LogP contribution >= 0.6 is 0 Å². The molecule has 0 heterocycles. The Balaban J connectivity index is 2.34. The van der Waals surface area contributed by atoms with E-state index in [1.807, 2.05) is 31.2 Å². The fourth-order valence-electron chi connectivity index (χ4n) is 1.71. The van der Waals surface area contributed by atoms with Crippen molar-refractivity contribution < 1.29 is 13.2 Å². The normalized spacial score (nSPS) is 13.2. The predicted molar refractivity (Wildman–Crippen MR) is 78.2 cm³/mol. The minimum atomic E-state index is -2.89. The van der Waals surface area contributed by atoms with Crippen LogP contribution in [0.3, 0.4) is 0 Å². The number of hydrogen-bond acceptors (Lipinski definition) is 4. The monoisotopic (exact) mass is 285 g/mol. The molecule has 0 aliphatic heterocycles. The molecule has 0 radical (unpaired) electrons. The first-order valence-electron chi connectivity index (χ1n) is 6.60. The molecule has 4 nitrogen and oxygen atoms in total. The lowest BCUT2D eigenvalue weighted by molar-refractivity contribution is 0.317. The van der Waals surface area contributed by atoms with Gasteiger partial charge in [0.1, 0.15) is 15.6 Å². The molecule has 0 saturated carbocycles. The maximum Gasteiger partial charge on any atom is 0.150 e. The molecule has 19 heavy (non-hydrogen) atoms. The van der Waals surface area contributed by atoms with E-state index in [1.165, 1.54) is 5.56 Å². The molecule has 1 atom stereocenters. The van der Waals surface area contributed by atoms with Crippen LogP contribution in [0.25, 0.3) is 0 Å². The summed E-state index contributed by atoms with van der Waals surface area (Å²) in [5.74, 6) is 1.15. The van der Waals surface area contributed by atoms with E-state index in [2.05, 4.69) is 0 Å². The first-order valence-corrected chi connectivity index (χ1v) is 8.43. The number of benzene rings is 1. The lowest BCUT2D eigenvalue weighted by Crippen LogP contribution is -2.17. The van der Waals surface area contributed by atoms with Gasteiger partial charge in [-0.05, 0) is 37.5 Å². The first-order chi connectivity index (χ1) is 8.93. The van der Waals surface area contributed by atoms with Crippen molar-refractivity contribution >= 4 is 9.84 Å². The number of ether oxygens (including phenoxy) is 1. The average Bonchev–Trinajstić information content (AvgIpc) is 2.36. The number of nitrogens with two attached hydrogens (primary N) is 1. The van der Waals surface area contributed by atoms with E-state index in [1.54, 1.807) is 6.92 Å². The zero-order valence-electron chi connectivity index (χ0n) is 11.6. The van der Waals surface area contributed by atoms with Crippen LogP contribution in [-0.2, 0) is 16.3 Å². The van der Waals surface area contributed by atoms with Crippen molar-refractivity contribution in [2.45, 2.75) is 32.7 Å². The van der Waals surface area contributed by atoms with Gasteiger partial charge in [0.15, 0.2) is 0 Å². The molecule has 5 heteroatoms. The summed E-state index contributed by atoms with van der Waals surface area (Å²) in [6.07, 6.45) is 1.37. The highest BCUT2D eigenvalue weighted by atomic mass is 32.2. The van der Waals surface area contributed by atoms with Crippen molar-refractivity contribution in [2.75, 3.05) is 18.1 Å². The highest BCUT2D eigenvalue weighted by molar-refractivity contribution is 7.91. The van der Waals surface area contributed by atoms with Gasteiger partial charge in [-0.3, -0.25) is 0 Å². The summed E-state index contributed by atoms with van der Waals surface area (Å²) in [6, 6.07) is 7.91. The molecule has 0 aliphatic rings. The highest BCUT2D eigenvalue weighted by Crippen LogP contribution is 2.13. The third-order valence-electron chi connectivity index (χ3n) is 2.79. The molecule has 108 valence electrons. The Morgan fingerprint density at radius 1 is 1.26 bits per heavy atom. The molecule has 1 unspecified atom stereocenters. The van der Waals surface area contributed by atoms with Gasteiger partial charge >= 0.3 is 0 Å². The quantitative estimate of drug-likeness (QED) is 0.739. The second-order valence-electron chi connectivity index (χ2n) is 4.76. The average molecular weight is 285 g/mol. The lowest BCUT2D eigenvalue weighted by atomic mass is 10.1. The van der Waals surface area contributed by atoms with Gasteiger partial charge in [0.25, 0.3) is 0 Å². The summed E-state index contributed by atoms with van der Waals surface area (Å²) in [5, 5.41) is 0. The van der Waals surface area contributed by atoms with E-state index in [-0.39, 0.29) is 17.5 Å². The summed E-state index contributed by atoms with van der Waals surface area (Å²) < 4.78 is 28.1. The van der Waals surface area contributed by atoms with Crippen molar-refractivity contribution in [1.82, 2.24) is 0 Å². The van der Waals surface area contributed by atoms with Gasteiger partial charge in [0, 0.05) is 11.8 Å². The molecule has 1 aromatic carbocycles. The second-order valence-corrected chi connectivity index (χ2v) is 7.24. The third-order valence-corrected chi connectivity index (χ3v) is 4.58. The van der Waals surface area contributed by atoms with Crippen LogP contribution in [0.15, 0.2) is 24.3 Å². The number of hydrogen-bond donors (Lipinski definition) is 1. The lowest BCUT2D eigenvalue weighted by Gasteiger charge is -2.08. The molecule has 0 aromatic heterocycles. The van der Waals surface area contributed by atoms with Crippen LogP contribution in [0.2, 0.25) is 0 Å². The molecule has 1 rings (SSSR count). The highest BCUT2D eigenvalue weighted by Gasteiger charge is 2.06. The van der Waals surface area contributed by atoms with E-state index in [0.29, 0.717) is 13.0 Å². The minimum absolute atomic E-state index is 0.144. The smallest absolute Gasteiger partial charge is 0.150 e. The largest absolute Gasteiger partial charge is 0.494 e. The van der Waals surface area contributed by atoms with Crippen LogP contribution in [0.1, 0.15) is 25.8 Å². The van der Waals surface area contributed by atoms with Gasteiger partial charge in [-0.2, -0.15) is 0 Å². The molecule has 0 fully saturated rings. The maximum atomic E-state index is 11.3. The van der Waals surface area contributed by atoms with E-state index in [9.17, 15) is 8.42 Å². The van der Waals surface area contributed by atoms with Gasteiger partial charge in [0.05, 0.1) is 12.4 Å². The Hall–Kier alpha value is -1.07. The Morgan fingerprint density at radius 3 is 2.42 bits per heavy atom. The van der Waals surface area contributed by atoms with Gasteiger partial charge in [-0.1, -0.05) is 19.1 Å². The van der Waals surface area contributed by atoms with Crippen LogP contribution in [0, 0.1) is 0 Å². The van der Waals surface area contributed by atoms with Crippen molar-refractivity contribution in [2.24, 2.45) is 5.73 Å². The van der Waals surface area contributed by atoms with Crippen molar-refractivity contribution in [3.8, 4) is 5.75 Å². The van der Waals surface area contributed by atoms with Gasteiger partial charge in [0.2, 0.25) is 0 Å². The van der Waals surface area contributed by atoms with E-state index < -0.39 is 9.84 Å². The van der Waals surface area contributed by atoms with E-state index >= 15 is 0 Å². The summed E-state index contributed by atoms with van der Waals surface area (Å²) in [7, 11) is -2.89. The van der Waals surface area contributed by atoms with Gasteiger partial charge < -0.3 is 10.5 Å². The summed E-state index contributed by atoms with van der Waals surface area (Å²) in [6.45, 7) is 4.05. The van der Waals surface area contributed by atoms with Crippen LogP contribution in [-0.4, -0.2) is 32.6 Å². The Kier molecular flexibility index (Phi) is 6.31. The topological polar surface area (TPSA) is 69.4 Å². The summed E-state index contributed by atoms with van der Waals surface area (Å²) in [4.78, 5) is 0. The maximum absolute atomic E-state index is 11.3. The Bertz CT molecular complexity index is 466. The molecule has 0 spiro atoms. The molecular formula is C14H23NO3S. The Labute approximate surface area is 115 Å². The van der Waals surface area contributed by atoms with Crippen LogP contribution in [0.4, 0.5) is 0 Å². The van der Waals surface area contributed by atoms with Crippen molar-refractivity contribution in [1.29, 1.82) is 0 Å². The fraction of sp³-hybridized carbons (Fsp3) is 0.571. The Morgan fingerprint density at radius 2 is 1.89 bits per heavy atom. The zero-order chi connectivity index (χ0) is 14.3. The molecule has 0 saturated heterocycles.